The van der Waals surface area contributed by atoms with E-state index >= 15 is 0 Å². The van der Waals surface area contributed by atoms with Crippen molar-refractivity contribution >= 4 is 5.97 Å². The van der Waals surface area contributed by atoms with Gasteiger partial charge in [-0.05, 0) is 38.6 Å². The largest absolute Gasteiger partial charge is 0.480 e. The van der Waals surface area contributed by atoms with Crippen LogP contribution in [0.3, 0.4) is 0 Å². The monoisotopic (exact) mass is 383 g/mol. The molecule has 24 heavy (non-hydrogen) atoms. The molecule has 0 aromatic heterocycles. The third-order valence-electron chi connectivity index (χ3n) is 4.14. The number of carboxylic acid groups (broad SMARTS) is 1. The van der Waals surface area contributed by atoms with Crippen molar-refractivity contribution < 1.29 is 26.4 Å². The van der Waals surface area contributed by atoms with Gasteiger partial charge >= 0.3 is 5.97 Å². The van der Waals surface area contributed by atoms with E-state index in [1.54, 1.807) is 0 Å². The fraction of sp³-hybridized carbons (Fsp3) is 0.850. The quantitative estimate of drug-likeness (QED) is 0.181. The Morgan fingerprint density at radius 2 is 1.25 bits per heavy atom. The summed E-state index contributed by atoms with van der Waals surface area (Å²) in [5.41, 5.74) is 0. The second-order valence-electron chi connectivity index (χ2n) is 6.51. The molecule has 0 saturated heterocycles. The van der Waals surface area contributed by atoms with E-state index in [1.807, 2.05) is 0 Å². The summed E-state index contributed by atoms with van der Waals surface area (Å²) in [6, 6.07) is 0. The summed E-state index contributed by atoms with van der Waals surface area (Å²) >= 11 is 0. The van der Waals surface area contributed by atoms with Crippen LogP contribution in [0.4, 0.5) is 0 Å². The van der Waals surface area contributed by atoms with Crippen LogP contribution in [0.1, 0.15) is 96.8 Å². The van der Waals surface area contributed by atoms with E-state index in [4.69, 9.17) is 5.11 Å². The Morgan fingerprint density at radius 3 is 1.75 bits per heavy atom. The molecule has 0 aliphatic carbocycles. The van der Waals surface area contributed by atoms with E-state index in [0.717, 1.165) is 13.0 Å². The molecule has 4 heteroatoms. The molecule has 0 aromatic rings. The van der Waals surface area contributed by atoms with Gasteiger partial charge in [0.25, 0.3) is 0 Å². The van der Waals surface area contributed by atoms with Gasteiger partial charge in [-0.3, -0.25) is 4.79 Å². The smallest absolute Gasteiger partial charge is 0.317 e. The van der Waals surface area contributed by atoms with Crippen LogP contribution in [0, 0.1) is 0 Å². The standard InChI is InChI=1S/C20H39NO2.Ni/c1-2-3-4-5-6-7-8-9-10-11-12-13-14-15-16-17-18-21-19-20(22)23;/h9-10,21H,2-8,11-19H2,1H3,(H,22,23);/b10-9-;. The summed E-state index contributed by atoms with van der Waals surface area (Å²) in [7, 11) is 0. The summed E-state index contributed by atoms with van der Waals surface area (Å²) in [4.78, 5) is 10.3. The Bertz CT molecular complexity index is 283. The van der Waals surface area contributed by atoms with Crippen molar-refractivity contribution in [2.75, 3.05) is 13.1 Å². The predicted molar refractivity (Wildman–Crippen MR) is 100.0 cm³/mol. The van der Waals surface area contributed by atoms with Crippen LogP contribution in [-0.4, -0.2) is 24.2 Å². The molecule has 0 fully saturated rings. The molecule has 0 aliphatic heterocycles. The Hall–Kier alpha value is -0.336. The second-order valence-corrected chi connectivity index (χ2v) is 6.51. The van der Waals surface area contributed by atoms with E-state index in [0.29, 0.717) is 0 Å². The van der Waals surface area contributed by atoms with Crippen molar-refractivity contribution in [1.29, 1.82) is 0 Å². The van der Waals surface area contributed by atoms with Crippen molar-refractivity contribution in [3.8, 4) is 0 Å². The molecule has 0 saturated carbocycles. The number of carboxylic acids is 1. The maximum Gasteiger partial charge on any atom is 0.317 e. The molecule has 2 N–H and O–H groups in total. The van der Waals surface area contributed by atoms with Crippen LogP contribution in [0.25, 0.3) is 0 Å². The minimum atomic E-state index is -0.769. The predicted octanol–water partition coefficient (Wildman–Crippen LogP) is 5.70. The number of allylic oxidation sites excluding steroid dienone is 2. The normalized spacial score (nSPS) is 10.9. The molecule has 0 heterocycles. The molecule has 0 aromatic carbocycles. The summed E-state index contributed by atoms with van der Waals surface area (Å²) in [6.07, 6.45) is 23.0. The van der Waals surface area contributed by atoms with Gasteiger partial charge in [0.2, 0.25) is 0 Å². The van der Waals surface area contributed by atoms with Gasteiger partial charge in [0.15, 0.2) is 0 Å². The average Bonchev–Trinajstić information content (AvgIpc) is 2.53. The van der Waals surface area contributed by atoms with Crippen LogP contribution in [-0.2, 0) is 21.3 Å². The molecule has 0 aliphatic rings. The van der Waals surface area contributed by atoms with E-state index in [2.05, 4.69) is 24.4 Å². The average molecular weight is 384 g/mol. The number of hydrogen-bond acceptors (Lipinski definition) is 2. The van der Waals surface area contributed by atoms with E-state index in [-0.39, 0.29) is 23.0 Å². The molecule has 3 nitrogen and oxygen atoms in total. The van der Waals surface area contributed by atoms with E-state index in [1.165, 1.54) is 83.5 Å². The van der Waals surface area contributed by atoms with Crippen LogP contribution < -0.4 is 5.32 Å². The second kappa shape index (κ2) is 22.7. The third kappa shape index (κ3) is 23.9. The van der Waals surface area contributed by atoms with Crippen LogP contribution in [0.15, 0.2) is 12.2 Å². The number of rotatable bonds is 18. The molecule has 146 valence electrons. The zero-order valence-corrected chi connectivity index (χ0v) is 16.6. The summed E-state index contributed by atoms with van der Waals surface area (Å²) in [6.45, 7) is 3.18. The first-order valence-corrected chi connectivity index (χ1v) is 9.85. The van der Waals surface area contributed by atoms with Gasteiger partial charge in [-0.1, -0.05) is 76.9 Å². The van der Waals surface area contributed by atoms with Crippen LogP contribution in [0.5, 0.6) is 0 Å². The first kappa shape index (κ1) is 25.9. The van der Waals surface area contributed by atoms with Crippen molar-refractivity contribution in [2.24, 2.45) is 0 Å². The van der Waals surface area contributed by atoms with Gasteiger partial charge in [-0.2, -0.15) is 0 Å². The van der Waals surface area contributed by atoms with Crippen LogP contribution in [0.2, 0.25) is 0 Å². The molecule has 0 bridgehead atoms. The Morgan fingerprint density at radius 1 is 0.792 bits per heavy atom. The molecule has 0 radical (unpaired) electrons. The fourth-order valence-corrected chi connectivity index (χ4v) is 2.69. The van der Waals surface area contributed by atoms with Gasteiger partial charge < -0.3 is 10.4 Å². The summed E-state index contributed by atoms with van der Waals surface area (Å²) in [5, 5.41) is 11.4. The zero-order chi connectivity index (χ0) is 17.0. The fourth-order valence-electron chi connectivity index (χ4n) is 2.69. The van der Waals surface area contributed by atoms with Gasteiger partial charge in [-0.25, -0.2) is 0 Å². The maximum atomic E-state index is 10.3. The third-order valence-corrected chi connectivity index (χ3v) is 4.14. The minimum Gasteiger partial charge on any atom is -0.480 e. The maximum absolute atomic E-state index is 10.3. The molecular formula is C20H39NNiO2. The first-order chi connectivity index (χ1) is 11.3. The van der Waals surface area contributed by atoms with Crippen molar-refractivity contribution in [1.82, 2.24) is 5.32 Å². The van der Waals surface area contributed by atoms with Crippen molar-refractivity contribution in [3.63, 3.8) is 0 Å². The van der Waals surface area contributed by atoms with Gasteiger partial charge in [0.05, 0.1) is 6.54 Å². The molecule has 0 spiro atoms. The van der Waals surface area contributed by atoms with Gasteiger partial charge in [0, 0.05) is 16.5 Å². The number of unbranched alkanes of at least 4 members (excludes halogenated alkanes) is 12. The number of carbonyl (C=O) groups is 1. The topological polar surface area (TPSA) is 49.3 Å². The molecule has 0 unspecified atom stereocenters. The van der Waals surface area contributed by atoms with Gasteiger partial charge in [0.1, 0.15) is 0 Å². The first-order valence-electron chi connectivity index (χ1n) is 9.85. The van der Waals surface area contributed by atoms with E-state index < -0.39 is 5.97 Å². The Balaban J connectivity index is 0. The summed E-state index contributed by atoms with van der Waals surface area (Å²) in [5.74, 6) is -0.769. The summed E-state index contributed by atoms with van der Waals surface area (Å²) < 4.78 is 0. The number of aliphatic carboxylic acids is 1. The zero-order valence-electron chi connectivity index (χ0n) is 15.6. The Labute approximate surface area is 160 Å². The SMILES string of the molecule is CCCCCCCC/C=C\CCCCCCCCNCC(=O)O.[Ni]. The number of hydrogen-bond donors (Lipinski definition) is 2. The van der Waals surface area contributed by atoms with Gasteiger partial charge in [-0.15, -0.1) is 0 Å². The molecule has 0 rings (SSSR count). The van der Waals surface area contributed by atoms with Crippen LogP contribution >= 0.6 is 0 Å². The molecule has 0 atom stereocenters. The molecular weight excluding hydrogens is 345 g/mol. The number of nitrogens with one attached hydrogen (secondary N) is 1. The van der Waals surface area contributed by atoms with Crippen molar-refractivity contribution in [2.45, 2.75) is 96.8 Å². The Kier molecular flexibility index (Phi) is 24.5. The minimum absolute atomic E-state index is 0. The molecule has 0 amide bonds. The van der Waals surface area contributed by atoms with Crippen molar-refractivity contribution in [3.05, 3.63) is 12.2 Å². The van der Waals surface area contributed by atoms with E-state index in [9.17, 15) is 4.79 Å².